The Morgan fingerprint density at radius 3 is 2.08 bits per heavy atom. The van der Waals surface area contributed by atoms with Gasteiger partial charge in [-0.25, -0.2) is 29.3 Å². The van der Waals surface area contributed by atoms with Crippen LogP contribution >= 0.6 is 0 Å². The van der Waals surface area contributed by atoms with Crippen LogP contribution in [-0.2, 0) is 32.0 Å². The third kappa shape index (κ3) is 7.97. The van der Waals surface area contributed by atoms with Gasteiger partial charge < -0.3 is 24.5 Å². The number of aromatic nitrogens is 4. The molecule has 0 aliphatic carbocycles. The zero-order chi connectivity index (χ0) is 29.0. The smallest absolute Gasteiger partial charge is 0.425 e. The van der Waals surface area contributed by atoms with Gasteiger partial charge in [-0.15, -0.1) is 0 Å². The predicted octanol–water partition coefficient (Wildman–Crippen LogP) is 3.32. The Bertz CT molecular complexity index is 1330. The first kappa shape index (κ1) is 29.0. The van der Waals surface area contributed by atoms with Crippen molar-refractivity contribution in [2.75, 3.05) is 4.90 Å². The van der Waals surface area contributed by atoms with E-state index >= 15 is 0 Å². The number of rotatable bonds is 7. The number of imidazole rings is 1. The summed E-state index contributed by atoms with van der Waals surface area (Å²) in [5.74, 6) is -1.98. The SMILES string of the molecule is CC(C)(C)OC(=O)N(C(=O)OC(C)(C)C)c1ncnc2c1ncn2CC(=O)N[C@@H](Cc1ccccc1)C(=O)O. The first-order chi connectivity index (χ1) is 18.1. The summed E-state index contributed by atoms with van der Waals surface area (Å²) in [6.45, 7) is 9.52. The predicted molar refractivity (Wildman–Crippen MR) is 140 cm³/mol. The number of nitrogens with zero attached hydrogens (tertiary/aromatic N) is 5. The Balaban J connectivity index is 1.89. The first-order valence-electron chi connectivity index (χ1n) is 12.1. The number of carboxylic acid groups (broad SMARTS) is 1. The largest absolute Gasteiger partial charge is 0.480 e. The Morgan fingerprint density at radius 1 is 0.949 bits per heavy atom. The van der Waals surface area contributed by atoms with E-state index in [9.17, 15) is 24.3 Å². The molecule has 1 aromatic carbocycles. The molecule has 0 radical (unpaired) electrons. The molecule has 2 N–H and O–H groups in total. The molecule has 1 atom stereocenters. The van der Waals surface area contributed by atoms with Gasteiger partial charge in [-0.1, -0.05) is 30.3 Å². The van der Waals surface area contributed by atoms with Gasteiger partial charge in [-0.05, 0) is 47.1 Å². The second kappa shape index (κ2) is 11.5. The second-order valence-electron chi connectivity index (χ2n) is 10.7. The van der Waals surface area contributed by atoms with Gasteiger partial charge in [0, 0.05) is 6.42 Å². The van der Waals surface area contributed by atoms with Crippen LogP contribution in [-0.4, -0.2) is 65.9 Å². The van der Waals surface area contributed by atoms with Crippen molar-refractivity contribution in [1.82, 2.24) is 24.8 Å². The van der Waals surface area contributed by atoms with Gasteiger partial charge in [0.1, 0.15) is 30.1 Å². The molecule has 0 aliphatic heterocycles. The summed E-state index contributed by atoms with van der Waals surface area (Å²) < 4.78 is 12.1. The molecule has 0 saturated carbocycles. The van der Waals surface area contributed by atoms with Crippen LogP contribution < -0.4 is 10.2 Å². The number of nitrogens with one attached hydrogen (secondary N) is 1. The molecule has 3 amide bonds. The zero-order valence-electron chi connectivity index (χ0n) is 22.7. The molecule has 39 heavy (non-hydrogen) atoms. The van der Waals surface area contributed by atoms with Gasteiger partial charge in [-0.3, -0.25) is 4.79 Å². The number of carbonyl (C=O) groups excluding carboxylic acids is 3. The third-order valence-electron chi connectivity index (χ3n) is 4.98. The number of imide groups is 1. The summed E-state index contributed by atoms with van der Waals surface area (Å²) in [5.41, 5.74) is -0.953. The summed E-state index contributed by atoms with van der Waals surface area (Å²) >= 11 is 0. The third-order valence-corrected chi connectivity index (χ3v) is 4.98. The Kier molecular flexibility index (Phi) is 8.52. The first-order valence-corrected chi connectivity index (χ1v) is 12.1. The number of amides is 3. The van der Waals surface area contributed by atoms with Crippen molar-refractivity contribution >= 4 is 41.0 Å². The van der Waals surface area contributed by atoms with Crippen molar-refractivity contribution in [3.63, 3.8) is 0 Å². The maximum Gasteiger partial charge on any atom is 0.425 e. The van der Waals surface area contributed by atoms with Gasteiger partial charge in [0.15, 0.2) is 17.0 Å². The van der Waals surface area contributed by atoms with E-state index in [2.05, 4.69) is 20.3 Å². The topological polar surface area (TPSA) is 166 Å². The summed E-state index contributed by atoms with van der Waals surface area (Å²) in [6, 6.07) is 7.75. The van der Waals surface area contributed by atoms with Crippen LogP contribution in [0.3, 0.4) is 0 Å². The minimum atomic E-state index is -1.18. The van der Waals surface area contributed by atoms with Crippen molar-refractivity contribution in [2.24, 2.45) is 0 Å². The maximum absolute atomic E-state index is 13.0. The van der Waals surface area contributed by atoms with Crippen LogP contribution in [0.2, 0.25) is 0 Å². The number of hydrogen-bond donors (Lipinski definition) is 2. The lowest BCUT2D eigenvalue weighted by atomic mass is 10.1. The minimum Gasteiger partial charge on any atom is -0.480 e. The van der Waals surface area contributed by atoms with Crippen LogP contribution in [0.4, 0.5) is 15.4 Å². The van der Waals surface area contributed by atoms with Crippen molar-refractivity contribution in [1.29, 1.82) is 0 Å². The fraction of sp³-hybridized carbons (Fsp3) is 0.423. The number of carboxylic acids is 1. The number of ether oxygens (including phenoxy) is 2. The molecule has 0 spiro atoms. The van der Waals surface area contributed by atoms with Gasteiger partial charge in [-0.2, -0.15) is 4.90 Å². The van der Waals surface area contributed by atoms with Gasteiger partial charge in [0.2, 0.25) is 5.91 Å². The van der Waals surface area contributed by atoms with E-state index in [4.69, 9.17) is 9.47 Å². The number of aliphatic carboxylic acids is 1. The highest BCUT2D eigenvalue weighted by Gasteiger charge is 2.35. The second-order valence-corrected chi connectivity index (χ2v) is 10.7. The average molecular weight is 541 g/mol. The fourth-order valence-electron chi connectivity index (χ4n) is 3.45. The molecular weight excluding hydrogens is 508 g/mol. The molecule has 3 rings (SSSR count). The molecule has 0 unspecified atom stereocenters. The highest BCUT2D eigenvalue weighted by atomic mass is 16.6. The minimum absolute atomic E-state index is 0.0288. The molecular formula is C26H32N6O7. The summed E-state index contributed by atoms with van der Waals surface area (Å²) in [5, 5.41) is 12.1. The molecule has 0 saturated heterocycles. The standard InChI is InChI=1S/C26H32N6O7/c1-25(2,3)38-23(36)32(24(37)39-26(4,5)6)21-19-20(27-14-28-21)31(15-29-19)13-18(33)30-17(22(34)35)12-16-10-8-7-9-11-16/h7-11,14-15,17H,12-13H2,1-6H3,(H,30,33)(H,34,35)/t17-/m0/s1. The maximum atomic E-state index is 13.0. The lowest BCUT2D eigenvalue weighted by Gasteiger charge is -2.28. The molecule has 0 fully saturated rings. The number of carbonyl (C=O) groups is 4. The number of benzene rings is 1. The molecule has 3 aromatic rings. The van der Waals surface area contributed by atoms with E-state index < -0.39 is 41.3 Å². The van der Waals surface area contributed by atoms with E-state index in [1.807, 2.05) is 6.07 Å². The average Bonchev–Trinajstić information content (AvgIpc) is 3.20. The molecule has 208 valence electrons. The summed E-state index contributed by atoms with van der Waals surface area (Å²) in [4.78, 5) is 63.7. The number of anilines is 1. The molecule has 13 heteroatoms. The molecule has 2 heterocycles. The highest BCUT2D eigenvalue weighted by Crippen LogP contribution is 2.25. The molecule has 2 aromatic heterocycles. The van der Waals surface area contributed by atoms with E-state index in [0.717, 1.165) is 11.9 Å². The quantitative estimate of drug-likeness (QED) is 0.454. The van der Waals surface area contributed by atoms with Crippen LogP contribution in [0, 0.1) is 0 Å². The van der Waals surface area contributed by atoms with Crippen LogP contribution in [0.1, 0.15) is 47.1 Å². The van der Waals surface area contributed by atoms with Gasteiger partial charge in [0.05, 0.1) is 6.33 Å². The van der Waals surface area contributed by atoms with E-state index in [-0.39, 0.29) is 29.9 Å². The van der Waals surface area contributed by atoms with Crippen molar-refractivity contribution in [3.8, 4) is 0 Å². The van der Waals surface area contributed by atoms with Crippen molar-refractivity contribution in [3.05, 3.63) is 48.5 Å². The van der Waals surface area contributed by atoms with E-state index in [0.29, 0.717) is 4.90 Å². The Morgan fingerprint density at radius 2 is 1.54 bits per heavy atom. The zero-order valence-corrected chi connectivity index (χ0v) is 22.7. The molecule has 13 nitrogen and oxygen atoms in total. The van der Waals surface area contributed by atoms with Crippen molar-refractivity contribution < 1.29 is 33.8 Å². The summed E-state index contributed by atoms with van der Waals surface area (Å²) in [6.07, 6.45) is 0.408. The Hall–Kier alpha value is -4.55. The monoisotopic (exact) mass is 540 g/mol. The van der Waals surface area contributed by atoms with E-state index in [1.54, 1.807) is 65.8 Å². The molecule has 0 aliphatic rings. The number of fused-ring (bicyclic) bond motifs is 1. The highest BCUT2D eigenvalue weighted by molar-refractivity contribution is 6.12. The molecule has 0 bridgehead atoms. The number of hydrogen-bond acceptors (Lipinski definition) is 9. The Labute approximate surface area is 225 Å². The van der Waals surface area contributed by atoms with Gasteiger partial charge >= 0.3 is 18.2 Å². The van der Waals surface area contributed by atoms with Crippen LogP contribution in [0.25, 0.3) is 11.2 Å². The van der Waals surface area contributed by atoms with Gasteiger partial charge in [0.25, 0.3) is 0 Å². The van der Waals surface area contributed by atoms with Crippen LogP contribution in [0.15, 0.2) is 43.0 Å². The normalized spacial score (nSPS) is 12.5. The summed E-state index contributed by atoms with van der Waals surface area (Å²) in [7, 11) is 0. The van der Waals surface area contributed by atoms with Crippen LogP contribution in [0.5, 0.6) is 0 Å². The van der Waals surface area contributed by atoms with E-state index in [1.165, 1.54) is 10.9 Å². The lowest BCUT2D eigenvalue weighted by molar-refractivity contribution is -0.141. The van der Waals surface area contributed by atoms with Crippen molar-refractivity contribution in [2.45, 2.75) is 71.8 Å². The fourth-order valence-corrected chi connectivity index (χ4v) is 3.45. The lowest BCUT2D eigenvalue weighted by Crippen LogP contribution is -2.44.